The molecule has 2 heterocycles. The molecular formula is C22H15N3O4S3. The zero-order valence-corrected chi connectivity index (χ0v) is 19.1. The Morgan fingerprint density at radius 2 is 1.97 bits per heavy atom. The fourth-order valence-corrected chi connectivity index (χ4v) is 4.64. The van der Waals surface area contributed by atoms with E-state index in [9.17, 15) is 14.9 Å². The molecule has 1 amide bonds. The number of pyridine rings is 1. The third kappa shape index (κ3) is 4.82. The van der Waals surface area contributed by atoms with E-state index < -0.39 is 4.92 Å². The van der Waals surface area contributed by atoms with Gasteiger partial charge in [-0.25, -0.2) is 4.98 Å². The SMILES string of the molecule is CSc1cccc(N2C(=O)/C(=C/c3ccc(Oc4ccc([N+](=O)[O-])cn4)cc3)SC2=S)c1. The summed E-state index contributed by atoms with van der Waals surface area (Å²) in [5.41, 5.74) is 1.46. The Kier molecular flexibility index (Phi) is 6.54. The van der Waals surface area contributed by atoms with Crippen LogP contribution in [0.1, 0.15) is 5.56 Å². The molecule has 0 saturated carbocycles. The molecule has 0 spiro atoms. The van der Waals surface area contributed by atoms with Gasteiger partial charge >= 0.3 is 0 Å². The Hall–Kier alpha value is -3.21. The van der Waals surface area contributed by atoms with Gasteiger partial charge in [-0.1, -0.05) is 42.2 Å². The number of rotatable bonds is 6. The first-order valence-electron chi connectivity index (χ1n) is 9.25. The highest BCUT2D eigenvalue weighted by Crippen LogP contribution is 2.37. The standard InChI is InChI=1S/C22H15N3O4S3/c1-31-18-4-2-3-15(12-18)24-21(26)19(32-22(24)30)11-14-5-8-17(9-6-14)29-20-10-7-16(13-23-20)25(27)28/h2-13H,1H3/b19-11-. The maximum absolute atomic E-state index is 13.0. The number of thioether (sulfide) groups is 2. The second kappa shape index (κ2) is 9.51. The molecule has 1 saturated heterocycles. The minimum absolute atomic E-state index is 0.106. The highest BCUT2D eigenvalue weighted by Gasteiger charge is 2.33. The Balaban J connectivity index is 1.48. The zero-order valence-electron chi connectivity index (χ0n) is 16.6. The summed E-state index contributed by atoms with van der Waals surface area (Å²) in [6.07, 6.45) is 4.90. The molecule has 0 unspecified atom stereocenters. The van der Waals surface area contributed by atoms with E-state index in [-0.39, 0.29) is 17.5 Å². The summed E-state index contributed by atoms with van der Waals surface area (Å²) in [5.74, 6) is 0.607. The van der Waals surface area contributed by atoms with Crippen LogP contribution in [0.2, 0.25) is 0 Å². The van der Waals surface area contributed by atoms with Gasteiger partial charge in [0.2, 0.25) is 5.88 Å². The van der Waals surface area contributed by atoms with Gasteiger partial charge < -0.3 is 4.74 Å². The van der Waals surface area contributed by atoms with Gasteiger partial charge in [0.25, 0.3) is 11.6 Å². The molecule has 1 aromatic heterocycles. The van der Waals surface area contributed by atoms with Crippen molar-refractivity contribution in [3.05, 3.63) is 87.4 Å². The molecule has 32 heavy (non-hydrogen) atoms. The fourth-order valence-electron chi connectivity index (χ4n) is 2.88. The Morgan fingerprint density at radius 3 is 2.62 bits per heavy atom. The predicted octanol–water partition coefficient (Wildman–Crippen LogP) is 5.91. The second-order valence-electron chi connectivity index (χ2n) is 6.50. The lowest BCUT2D eigenvalue weighted by Crippen LogP contribution is -2.27. The predicted molar refractivity (Wildman–Crippen MR) is 131 cm³/mol. The molecule has 0 bridgehead atoms. The van der Waals surface area contributed by atoms with Crippen molar-refractivity contribution in [2.45, 2.75) is 4.90 Å². The smallest absolute Gasteiger partial charge is 0.287 e. The molecule has 0 atom stereocenters. The third-order valence-electron chi connectivity index (χ3n) is 4.44. The number of thiocarbonyl (C=S) groups is 1. The van der Waals surface area contributed by atoms with Crippen LogP contribution in [0.3, 0.4) is 0 Å². The van der Waals surface area contributed by atoms with Crippen LogP contribution in [0.25, 0.3) is 6.08 Å². The van der Waals surface area contributed by atoms with Crippen LogP contribution >= 0.6 is 35.7 Å². The normalized spacial score (nSPS) is 14.8. The molecule has 7 nitrogen and oxygen atoms in total. The lowest BCUT2D eigenvalue weighted by Gasteiger charge is -2.15. The number of nitro groups is 1. The van der Waals surface area contributed by atoms with Crippen LogP contribution < -0.4 is 9.64 Å². The maximum Gasteiger partial charge on any atom is 0.287 e. The van der Waals surface area contributed by atoms with E-state index in [1.54, 1.807) is 34.9 Å². The van der Waals surface area contributed by atoms with Gasteiger partial charge in [-0.2, -0.15) is 0 Å². The van der Waals surface area contributed by atoms with Crippen molar-refractivity contribution in [2.75, 3.05) is 11.2 Å². The van der Waals surface area contributed by atoms with Crippen molar-refractivity contribution in [1.29, 1.82) is 0 Å². The molecule has 0 N–H and O–H groups in total. The topological polar surface area (TPSA) is 85.6 Å². The van der Waals surface area contributed by atoms with E-state index in [1.807, 2.05) is 42.7 Å². The first-order chi connectivity index (χ1) is 15.4. The summed E-state index contributed by atoms with van der Waals surface area (Å²) in [7, 11) is 0. The van der Waals surface area contributed by atoms with Crippen molar-refractivity contribution in [1.82, 2.24) is 4.98 Å². The minimum atomic E-state index is -0.520. The lowest BCUT2D eigenvalue weighted by molar-refractivity contribution is -0.385. The van der Waals surface area contributed by atoms with E-state index in [4.69, 9.17) is 17.0 Å². The van der Waals surface area contributed by atoms with E-state index in [0.29, 0.717) is 15.0 Å². The molecular weight excluding hydrogens is 466 g/mol. The van der Waals surface area contributed by atoms with Crippen molar-refractivity contribution < 1.29 is 14.5 Å². The number of anilines is 1. The number of aromatic nitrogens is 1. The molecule has 1 aliphatic rings. The van der Waals surface area contributed by atoms with E-state index >= 15 is 0 Å². The Bertz CT molecular complexity index is 1230. The monoisotopic (exact) mass is 481 g/mol. The summed E-state index contributed by atoms with van der Waals surface area (Å²) in [6.45, 7) is 0. The van der Waals surface area contributed by atoms with E-state index in [2.05, 4.69) is 4.98 Å². The molecule has 3 aromatic rings. The summed E-state index contributed by atoms with van der Waals surface area (Å²) in [5, 5.41) is 10.7. The van der Waals surface area contributed by atoms with Crippen molar-refractivity contribution in [2.24, 2.45) is 0 Å². The third-order valence-corrected chi connectivity index (χ3v) is 6.46. The zero-order chi connectivity index (χ0) is 22.7. The summed E-state index contributed by atoms with van der Waals surface area (Å²) in [6, 6.07) is 17.5. The molecule has 1 aliphatic heterocycles. The summed E-state index contributed by atoms with van der Waals surface area (Å²) in [4.78, 5) is 30.2. The van der Waals surface area contributed by atoms with E-state index in [1.165, 1.54) is 23.9 Å². The van der Waals surface area contributed by atoms with Crippen molar-refractivity contribution in [3.63, 3.8) is 0 Å². The molecule has 160 valence electrons. The van der Waals surface area contributed by atoms with Crippen LogP contribution in [-0.4, -0.2) is 26.4 Å². The number of amides is 1. The molecule has 0 aliphatic carbocycles. The van der Waals surface area contributed by atoms with Crippen molar-refractivity contribution in [3.8, 4) is 11.6 Å². The quantitative estimate of drug-likeness (QED) is 0.141. The average molecular weight is 482 g/mol. The van der Waals surface area contributed by atoms with E-state index in [0.717, 1.165) is 22.3 Å². The number of hydrogen-bond acceptors (Lipinski definition) is 8. The van der Waals surface area contributed by atoms with Crippen LogP contribution in [0.15, 0.2) is 76.7 Å². The molecule has 10 heteroatoms. The Labute approximate surface area is 197 Å². The highest BCUT2D eigenvalue weighted by molar-refractivity contribution is 8.27. The molecule has 1 fully saturated rings. The van der Waals surface area contributed by atoms with Crippen LogP contribution in [0.4, 0.5) is 11.4 Å². The first-order valence-corrected chi connectivity index (χ1v) is 11.7. The average Bonchev–Trinajstić information content (AvgIpc) is 3.08. The second-order valence-corrected chi connectivity index (χ2v) is 9.06. The van der Waals surface area contributed by atoms with Crippen LogP contribution in [0.5, 0.6) is 11.6 Å². The van der Waals surface area contributed by atoms with Gasteiger partial charge in [-0.3, -0.25) is 19.8 Å². The van der Waals surface area contributed by atoms with Gasteiger partial charge in [-0.05, 0) is 48.2 Å². The molecule has 0 radical (unpaired) electrons. The number of carbonyl (C=O) groups is 1. The lowest BCUT2D eigenvalue weighted by atomic mass is 10.2. The number of nitrogens with zero attached hydrogens (tertiary/aromatic N) is 3. The highest BCUT2D eigenvalue weighted by atomic mass is 32.2. The number of carbonyl (C=O) groups excluding carboxylic acids is 1. The minimum Gasteiger partial charge on any atom is -0.439 e. The molecule has 2 aromatic carbocycles. The number of hydrogen-bond donors (Lipinski definition) is 0. The fraction of sp³-hybridized carbons (Fsp3) is 0.0455. The largest absolute Gasteiger partial charge is 0.439 e. The van der Waals surface area contributed by atoms with Gasteiger partial charge in [-0.15, -0.1) is 11.8 Å². The first kappa shape index (κ1) is 22.0. The van der Waals surface area contributed by atoms with Gasteiger partial charge in [0.05, 0.1) is 15.5 Å². The van der Waals surface area contributed by atoms with Crippen molar-refractivity contribution >= 4 is 63.4 Å². The van der Waals surface area contributed by atoms with Crippen LogP contribution in [0, 0.1) is 10.1 Å². The molecule has 4 rings (SSSR count). The van der Waals surface area contributed by atoms with Gasteiger partial charge in [0.1, 0.15) is 11.9 Å². The van der Waals surface area contributed by atoms with Gasteiger partial charge in [0.15, 0.2) is 4.32 Å². The number of benzene rings is 2. The van der Waals surface area contributed by atoms with Crippen LogP contribution in [-0.2, 0) is 4.79 Å². The Morgan fingerprint density at radius 1 is 1.19 bits per heavy atom. The maximum atomic E-state index is 13.0. The summed E-state index contributed by atoms with van der Waals surface area (Å²) >= 11 is 8.31. The number of ether oxygens (including phenoxy) is 1. The summed E-state index contributed by atoms with van der Waals surface area (Å²) < 4.78 is 6.10. The van der Waals surface area contributed by atoms with Gasteiger partial charge in [0, 0.05) is 17.0 Å².